The molecule has 1 saturated heterocycles. The summed E-state index contributed by atoms with van der Waals surface area (Å²) in [5.41, 5.74) is 8.44. The molecule has 21 heavy (non-hydrogen) atoms. The summed E-state index contributed by atoms with van der Waals surface area (Å²) in [6.45, 7) is 17.5. The molecule has 1 amide bonds. The van der Waals surface area contributed by atoms with Crippen LogP contribution in [0.1, 0.15) is 54.2 Å². The Bertz CT molecular complexity index is 559. The van der Waals surface area contributed by atoms with Crippen molar-refractivity contribution in [3.05, 3.63) is 33.4 Å². The third-order valence-corrected chi connectivity index (χ3v) is 5.94. The zero-order valence-electron chi connectivity index (χ0n) is 14.8. The van der Waals surface area contributed by atoms with Gasteiger partial charge in [-0.2, -0.15) is 0 Å². The number of carbonyl (C=O) groups is 1. The second kappa shape index (κ2) is 5.47. The lowest BCUT2D eigenvalue weighted by atomic mass is 9.84. The van der Waals surface area contributed by atoms with E-state index in [1.807, 2.05) is 6.92 Å². The van der Waals surface area contributed by atoms with E-state index >= 15 is 0 Å². The first-order chi connectivity index (χ1) is 9.68. The molecule has 0 N–H and O–H groups in total. The number of hydrogen-bond acceptors (Lipinski definition) is 1. The van der Waals surface area contributed by atoms with Gasteiger partial charge in [0, 0.05) is 12.1 Å². The minimum atomic E-state index is 0.191. The fraction of sp³-hybridized carbons (Fsp3) is 0.632. The lowest BCUT2D eigenvalue weighted by Crippen LogP contribution is -2.62. The van der Waals surface area contributed by atoms with E-state index in [1.54, 1.807) is 0 Å². The zero-order chi connectivity index (χ0) is 16.1. The van der Waals surface area contributed by atoms with Crippen molar-refractivity contribution < 1.29 is 4.79 Å². The number of benzene rings is 1. The van der Waals surface area contributed by atoms with Gasteiger partial charge in [-0.1, -0.05) is 6.92 Å². The van der Waals surface area contributed by atoms with Gasteiger partial charge < -0.3 is 4.90 Å². The minimum Gasteiger partial charge on any atom is -0.336 e. The smallest absolute Gasteiger partial charge is 0.227 e. The third kappa shape index (κ3) is 2.39. The van der Waals surface area contributed by atoms with Crippen molar-refractivity contribution in [1.29, 1.82) is 0 Å². The molecule has 0 aliphatic carbocycles. The number of likely N-dealkylation sites (tertiary alicyclic amines) is 1. The lowest BCUT2D eigenvalue weighted by Gasteiger charge is -2.48. The van der Waals surface area contributed by atoms with E-state index in [0.29, 0.717) is 11.9 Å². The zero-order valence-corrected chi connectivity index (χ0v) is 14.8. The van der Waals surface area contributed by atoms with E-state index in [2.05, 4.69) is 53.4 Å². The van der Waals surface area contributed by atoms with E-state index in [-0.39, 0.29) is 12.0 Å². The molecule has 116 valence electrons. The van der Waals surface area contributed by atoms with Crippen molar-refractivity contribution >= 4 is 5.91 Å². The number of β-lactam (4-membered cyclic amide) rings is 1. The molecule has 2 rings (SSSR count). The molecule has 2 heteroatoms. The molecule has 1 heterocycles. The predicted molar refractivity (Wildman–Crippen MR) is 88.8 cm³/mol. The van der Waals surface area contributed by atoms with Gasteiger partial charge in [-0.15, -0.1) is 0 Å². The molecule has 1 aliphatic rings. The maximum absolute atomic E-state index is 12.1. The Balaban J connectivity index is 2.31. The maximum atomic E-state index is 12.1. The monoisotopic (exact) mass is 287 g/mol. The molecule has 1 fully saturated rings. The van der Waals surface area contributed by atoms with Gasteiger partial charge in [0.1, 0.15) is 0 Å². The molecular formula is C19H29NO. The van der Waals surface area contributed by atoms with Gasteiger partial charge in [-0.05, 0) is 88.3 Å². The van der Waals surface area contributed by atoms with Crippen molar-refractivity contribution in [3.8, 4) is 0 Å². The van der Waals surface area contributed by atoms with Crippen LogP contribution < -0.4 is 0 Å². The van der Waals surface area contributed by atoms with Gasteiger partial charge in [-0.3, -0.25) is 4.79 Å². The Morgan fingerprint density at radius 2 is 1.33 bits per heavy atom. The summed E-state index contributed by atoms with van der Waals surface area (Å²) >= 11 is 0. The summed E-state index contributed by atoms with van der Waals surface area (Å²) in [6.07, 6.45) is 0.961. The highest BCUT2D eigenvalue weighted by Gasteiger charge is 2.43. The fourth-order valence-corrected chi connectivity index (χ4v) is 3.70. The summed E-state index contributed by atoms with van der Waals surface area (Å²) in [5, 5.41) is 0. The average molecular weight is 287 g/mol. The normalized spacial score (nSPS) is 23.2. The highest BCUT2D eigenvalue weighted by Crippen LogP contribution is 2.32. The van der Waals surface area contributed by atoms with Crippen LogP contribution in [0.15, 0.2) is 0 Å². The molecule has 2 nitrogen and oxygen atoms in total. The van der Waals surface area contributed by atoms with E-state index in [1.165, 1.54) is 33.4 Å². The minimum absolute atomic E-state index is 0.191. The molecule has 3 atom stereocenters. The molecule has 0 radical (unpaired) electrons. The van der Waals surface area contributed by atoms with Crippen molar-refractivity contribution in [3.63, 3.8) is 0 Å². The second-order valence-electron chi connectivity index (χ2n) is 6.93. The molecule has 0 spiro atoms. The number of hydrogen-bond donors (Lipinski definition) is 0. The van der Waals surface area contributed by atoms with Crippen LogP contribution in [0, 0.1) is 40.5 Å². The largest absolute Gasteiger partial charge is 0.336 e. The summed E-state index contributed by atoms with van der Waals surface area (Å²) in [6, 6.07) is 0.656. The molecule has 0 unspecified atom stereocenters. The van der Waals surface area contributed by atoms with E-state index in [9.17, 15) is 4.79 Å². The Morgan fingerprint density at radius 3 is 1.76 bits per heavy atom. The molecule has 1 aromatic carbocycles. The van der Waals surface area contributed by atoms with Gasteiger partial charge in [0.05, 0.1) is 5.92 Å². The molecule has 1 aliphatic heterocycles. The Labute approximate surface area is 129 Å². The topological polar surface area (TPSA) is 20.3 Å². The SMILES string of the molecule is Cc1c(C)c(C)c(C[C@H](C)N2C(=O)[C@@H](C)[C@H]2C)c(C)c1C. The molecular weight excluding hydrogens is 258 g/mol. The van der Waals surface area contributed by atoms with E-state index in [4.69, 9.17) is 0 Å². The number of rotatable bonds is 3. The van der Waals surface area contributed by atoms with Crippen LogP contribution >= 0.6 is 0 Å². The Morgan fingerprint density at radius 1 is 0.905 bits per heavy atom. The van der Waals surface area contributed by atoms with Crippen LogP contribution in [-0.4, -0.2) is 22.9 Å². The van der Waals surface area contributed by atoms with Crippen molar-refractivity contribution in [2.75, 3.05) is 0 Å². The number of amides is 1. The lowest BCUT2D eigenvalue weighted by molar-refractivity contribution is -0.157. The third-order valence-electron chi connectivity index (χ3n) is 5.94. The van der Waals surface area contributed by atoms with Gasteiger partial charge in [0.15, 0.2) is 0 Å². The predicted octanol–water partition coefficient (Wildman–Crippen LogP) is 4.03. The van der Waals surface area contributed by atoms with E-state index in [0.717, 1.165) is 6.42 Å². The molecule has 0 saturated carbocycles. The van der Waals surface area contributed by atoms with Crippen LogP contribution in [0.3, 0.4) is 0 Å². The number of carbonyl (C=O) groups excluding carboxylic acids is 1. The molecule has 0 bridgehead atoms. The van der Waals surface area contributed by atoms with Gasteiger partial charge >= 0.3 is 0 Å². The quantitative estimate of drug-likeness (QED) is 0.769. The van der Waals surface area contributed by atoms with Gasteiger partial charge in [0.25, 0.3) is 0 Å². The fourth-order valence-electron chi connectivity index (χ4n) is 3.70. The average Bonchev–Trinajstić information content (AvgIpc) is 2.47. The first-order valence-corrected chi connectivity index (χ1v) is 8.06. The highest BCUT2D eigenvalue weighted by molar-refractivity contribution is 5.85. The van der Waals surface area contributed by atoms with Crippen molar-refractivity contribution in [2.24, 2.45) is 5.92 Å². The van der Waals surface area contributed by atoms with Crippen molar-refractivity contribution in [2.45, 2.75) is 73.9 Å². The first kappa shape index (κ1) is 16.1. The molecule has 1 aromatic rings. The second-order valence-corrected chi connectivity index (χ2v) is 6.93. The Kier molecular flexibility index (Phi) is 4.19. The van der Waals surface area contributed by atoms with Crippen LogP contribution in [0.5, 0.6) is 0 Å². The maximum Gasteiger partial charge on any atom is 0.227 e. The van der Waals surface area contributed by atoms with Crippen LogP contribution in [-0.2, 0) is 11.2 Å². The standard InChI is InChI=1S/C19H29NO/c1-10(20-17(8)16(7)19(20)21)9-18-14(5)12(3)11(2)13(4)15(18)6/h10,16-17H,9H2,1-8H3/t10-,16-,17+/m0/s1. The van der Waals surface area contributed by atoms with Gasteiger partial charge in [-0.25, -0.2) is 0 Å². The first-order valence-electron chi connectivity index (χ1n) is 8.06. The summed E-state index contributed by atoms with van der Waals surface area (Å²) in [5.74, 6) is 0.502. The van der Waals surface area contributed by atoms with Gasteiger partial charge in [0.2, 0.25) is 5.91 Å². The van der Waals surface area contributed by atoms with Crippen molar-refractivity contribution in [1.82, 2.24) is 4.90 Å². The van der Waals surface area contributed by atoms with Crippen LogP contribution in [0.25, 0.3) is 0 Å². The summed E-state index contributed by atoms with van der Waals surface area (Å²) in [4.78, 5) is 14.2. The summed E-state index contributed by atoms with van der Waals surface area (Å²) in [7, 11) is 0. The van der Waals surface area contributed by atoms with Crippen LogP contribution in [0.4, 0.5) is 0 Å². The van der Waals surface area contributed by atoms with Crippen LogP contribution in [0.2, 0.25) is 0 Å². The Hall–Kier alpha value is -1.31. The van der Waals surface area contributed by atoms with E-state index < -0.39 is 0 Å². The summed E-state index contributed by atoms with van der Waals surface area (Å²) < 4.78 is 0. The number of nitrogens with zero attached hydrogens (tertiary/aromatic N) is 1. The highest BCUT2D eigenvalue weighted by atomic mass is 16.2. The molecule has 0 aromatic heterocycles.